The Labute approximate surface area is 161 Å². The van der Waals surface area contributed by atoms with E-state index in [0.29, 0.717) is 28.4 Å². The van der Waals surface area contributed by atoms with Crippen molar-refractivity contribution in [2.75, 3.05) is 13.7 Å². The van der Waals surface area contributed by atoms with Crippen LogP contribution in [-0.2, 0) is 0 Å². The number of rotatable bonds is 6. The summed E-state index contributed by atoms with van der Waals surface area (Å²) in [7, 11) is 1.88. The predicted octanol–water partition coefficient (Wildman–Crippen LogP) is 1.76. The number of aromatic nitrogens is 3. The van der Waals surface area contributed by atoms with Crippen LogP contribution in [0.4, 0.5) is 4.39 Å². The Hall–Kier alpha value is -3.00. The first-order valence-corrected chi connectivity index (χ1v) is 9.17. The van der Waals surface area contributed by atoms with Crippen LogP contribution in [0.1, 0.15) is 19.4 Å². The van der Waals surface area contributed by atoms with E-state index in [1.807, 2.05) is 27.8 Å². The average Bonchev–Trinajstić information content (AvgIpc) is 3.22. The Kier molecular flexibility index (Phi) is 4.72. The third kappa shape index (κ3) is 3.20. The molecule has 2 aromatic heterocycles. The standard InChI is InChI=1S/C20H22FN5O2/c1-11-7-14-15(25-11)5-6-16(18(14)21)28-20-19-13(3)17(27-9-12(2)22-4)8-26(19)24-10-23-20/h5-8,10-12,22H,9H2,1-4H3. The van der Waals surface area contributed by atoms with Crippen LogP contribution in [0.5, 0.6) is 17.4 Å². The maximum Gasteiger partial charge on any atom is 0.247 e. The summed E-state index contributed by atoms with van der Waals surface area (Å²) in [6.45, 7) is 6.35. The van der Waals surface area contributed by atoms with Crippen LogP contribution in [0.3, 0.4) is 0 Å². The van der Waals surface area contributed by atoms with E-state index >= 15 is 0 Å². The van der Waals surface area contributed by atoms with Gasteiger partial charge in [-0.15, -0.1) is 0 Å². The SMILES string of the molecule is CNC(C)COc1cn2ncnc(Oc3ccc4c(c3F)=CC(C)N=4)c2c1C. The molecular formula is C20H22FN5O2. The Balaban J connectivity index is 1.71. The summed E-state index contributed by atoms with van der Waals surface area (Å²) in [4.78, 5) is 8.58. The van der Waals surface area contributed by atoms with Crippen molar-refractivity contribution < 1.29 is 13.9 Å². The molecule has 0 amide bonds. The molecule has 7 nitrogen and oxygen atoms in total. The molecule has 28 heavy (non-hydrogen) atoms. The number of ether oxygens (including phenoxy) is 2. The summed E-state index contributed by atoms with van der Waals surface area (Å²) in [5.41, 5.74) is 1.47. The number of benzene rings is 1. The summed E-state index contributed by atoms with van der Waals surface area (Å²) >= 11 is 0. The molecule has 8 heteroatoms. The van der Waals surface area contributed by atoms with Crippen molar-refractivity contribution in [1.29, 1.82) is 0 Å². The number of aryl methyl sites for hydroxylation is 1. The molecule has 3 aromatic rings. The number of hydrogen-bond donors (Lipinski definition) is 1. The fourth-order valence-electron chi connectivity index (χ4n) is 3.14. The van der Waals surface area contributed by atoms with Gasteiger partial charge in [0.1, 0.15) is 24.2 Å². The topological polar surface area (TPSA) is 73.0 Å². The average molecular weight is 383 g/mol. The summed E-state index contributed by atoms with van der Waals surface area (Å²) < 4.78 is 28.2. The molecule has 1 aliphatic rings. The van der Waals surface area contributed by atoms with Gasteiger partial charge in [-0.25, -0.2) is 8.91 Å². The molecule has 1 aromatic carbocycles. The van der Waals surface area contributed by atoms with Gasteiger partial charge in [0, 0.05) is 16.8 Å². The molecule has 0 saturated carbocycles. The molecule has 3 heterocycles. The first-order valence-electron chi connectivity index (χ1n) is 9.17. The van der Waals surface area contributed by atoms with Crippen molar-refractivity contribution in [3.8, 4) is 17.4 Å². The van der Waals surface area contributed by atoms with Gasteiger partial charge in [-0.1, -0.05) is 0 Å². The second kappa shape index (κ2) is 7.20. The van der Waals surface area contributed by atoms with Gasteiger partial charge < -0.3 is 14.8 Å². The van der Waals surface area contributed by atoms with Crippen LogP contribution in [0.15, 0.2) is 29.6 Å². The Bertz CT molecular complexity index is 1160. The van der Waals surface area contributed by atoms with E-state index in [9.17, 15) is 4.39 Å². The first-order chi connectivity index (χ1) is 13.5. The summed E-state index contributed by atoms with van der Waals surface area (Å²) in [6, 6.07) is 3.49. The number of halogens is 1. The minimum Gasteiger partial charge on any atom is -0.490 e. The number of hydrogen-bond acceptors (Lipinski definition) is 6. The van der Waals surface area contributed by atoms with E-state index in [-0.39, 0.29) is 23.7 Å². The highest BCUT2D eigenvalue weighted by Gasteiger charge is 2.18. The van der Waals surface area contributed by atoms with Gasteiger partial charge in [0.2, 0.25) is 5.88 Å². The van der Waals surface area contributed by atoms with Crippen molar-refractivity contribution in [2.45, 2.75) is 32.9 Å². The normalized spacial score (nSPS) is 16.4. The molecule has 0 fully saturated rings. The highest BCUT2D eigenvalue weighted by atomic mass is 19.1. The lowest BCUT2D eigenvalue weighted by Gasteiger charge is -2.11. The Morgan fingerprint density at radius 3 is 2.93 bits per heavy atom. The number of nitrogens with zero attached hydrogens (tertiary/aromatic N) is 4. The van der Waals surface area contributed by atoms with Crippen molar-refractivity contribution in [1.82, 2.24) is 19.9 Å². The monoisotopic (exact) mass is 383 g/mol. The molecule has 0 spiro atoms. The molecule has 0 saturated heterocycles. The molecule has 0 radical (unpaired) electrons. The van der Waals surface area contributed by atoms with Gasteiger partial charge in [0.25, 0.3) is 0 Å². The number of nitrogens with one attached hydrogen (secondary N) is 1. The van der Waals surface area contributed by atoms with E-state index in [1.165, 1.54) is 6.33 Å². The molecule has 1 N–H and O–H groups in total. The maximum atomic E-state index is 14.9. The highest BCUT2D eigenvalue weighted by molar-refractivity contribution is 5.67. The first kappa shape index (κ1) is 18.4. The lowest BCUT2D eigenvalue weighted by atomic mass is 10.2. The van der Waals surface area contributed by atoms with E-state index in [2.05, 4.69) is 20.4 Å². The molecule has 2 unspecified atom stereocenters. The van der Waals surface area contributed by atoms with E-state index in [0.717, 1.165) is 5.56 Å². The highest BCUT2D eigenvalue weighted by Crippen LogP contribution is 2.32. The zero-order valence-corrected chi connectivity index (χ0v) is 16.2. The van der Waals surface area contributed by atoms with Gasteiger partial charge in [0.05, 0.1) is 17.6 Å². The van der Waals surface area contributed by atoms with Crippen LogP contribution in [0.25, 0.3) is 11.6 Å². The minimum atomic E-state index is -0.439. The molecule has 0 aliphatic carbocycles. The van der Waals surface area contributed by atoms with Crippen LogP contribution < -0.4 is 25.4 Å². The predicted molar refractivity (Wildman–Crippen MR) is 103 cm³/mol. The lowest BCUT2D eigenvalue weighted by molar-refractivity contribution is 0.278. The molecule has 0 bridgehead atoms. The lowest BCUT2D eigenvalue weighted by Crippen LogP contribution is -2.28. The van der Waals surface area contributed by atoms with Gasteiger partial charge in [-0.2, -0.15) is 10.1 Å². The zero-order chi connectivity index (χ0) is 19.8. The maximum absolute atomic E-state index is 14.9. The quantitative estimate of drug-likeness (QED) is 0.702. The fourth-order valence-corrected chi connectivity index (χ4v) is 3.14. The zero-order valence-electron chi connectivity index (χ0n) is 16.2. The largest absolute Gasteiger partial charge is 0.490 e. The fraction of sp³-hybridized carbons (Fsp3) is 0.350. The van der Waals surface area contributed by atoms with Crippen LogP contribution in [-0.4, -0.2) is 40.3 Å². The van der Waals surface area contributed by atoms with Gasteiger partial charge in [0.15, 0.2) is 11.6 Å². The molecule has 146 valence electrons. The molecule has 4 rings (SSSR count). The van der Waals surface area contributed by atoms with E-state index < -0.39 is 5.82 Å². The van der Waals surface area contributed by atoms with Crippen LogP contribution in [0.2, 0.25) is 0 Å². The van der Waals surface area contributed by atoms with Crippen LogP contribution in [0, 0.1) is 12.7 Å². The van der Waals surface area contributed by atoms with E-state index in [1.54, 1.807) is 28.9 Å². The van der Waals surface area contributed by atoms with Crippen molar-refractivity contribution in [3.63, 3.8) is 0 Å². The summed E-state index contributed by atoms with van der Waals surface area (Å²) in [6.07, 6.45) is 4.93. The summed E-state index contributed by atoms with van der Waals surface area (Å²) in [5.74, 6) is 0.617. The third-order valence-corrected chi connectivity index (χ3v) is 4.81. The van der Waals surface area contributed by atoms with Gasteiger partial charge >= 0.3 is 0 Å². The summed E-state index contributed by atoms with van der Waals surface area (Å²) in [5, 5.41) is 8.45. The van der Waals surface area contributed by atoms with Crippen molar-refractivity contribution >= 4 is 11.6 Å². The third-order valence-electron chi connectivity index (χ3n) is 4.81. The van der Waals surface area contributed by atoms with E-state index in [4.69, 9.17) is 9.47 Å². The number of fused-ring (bicyclic) bond motifs is 2. The number of likely N-dealkylation sites (N-methyl/N-ethyl adjacent to an activating group) is 1. The molecule has 2 atom stereocenters. The minimum absolute atomic E-state index is 0.0434. The second-order valence-electron chi connectivity index (χ2n) is 6.93. The molecule has 1 aliphatic heterocycles. The molecular weight excluding hydrogens is 361 g/mol. The van der Waals surface area contributed by atoms with Gasteiger partial charge in [-0.05, 0) is 46.0 Å². The van der Waals surface area contributed by atoms with Gasteiger partial charge in [-0.3, -0.25) is 4.99 Å². The smallest absolute Gasteiger partial charge is 0.247 e. The van der Waals surface area contributed by atoms with Crippen LogP contribution >= 0.6 is 0 Å². The van der Waals surface area contributed by atoms with Crippen molar-refractivity contribution in [2.24, 2.45) is 4.99 Å². The Morgan fingerprint density at radius 2 is 2.14 bits per heavy atom. The second-order valence-corrected chi connectivity index (χ2v) is 6.93. The Morgan fingerprint density at radius 1 is 1.32 bits per heavy atom. The van der Waals surface area contributed by atoms with Crippen molar-refractivity contribution in [3.05, 3.63) is 46.6 Å².